The smallest absolute Gasteiger partial charge is 0.291 e. The molecule has 1 aromatic rings. The third kappa shape index (κ3) is 8.96. The van der Waals surface area contributed by atoms with Crippen molar-refractivity contribution in [1.82, 2.24) is 0 Å². The van der Waals surface area contributed by atoms with Crippen molar-refractivity contribution in [2.24, 2.45) is 16.5 Å². The van der Waals surface area contributed by atoms with Crippen molar-refractivity contribution in [2.45, 2.75) is 26.2 Å². The molecule has 0 aliphatic rings. The van der Waals surface area contributed by atoms with Crippen molar-refractivity contribution in [1.29, 1.82) is 0 Å². The van der Waals surface area contributed by atoms with Gasteiger partial charge in [-0.15, -0.1) is 10.1 Å². The Balaban J connectivity index is 0.000000631. The topological polar surface area (TPSA) is 128 Å². The Morgan fingerprint density at radius 3 is 2.28 bits per heavy atom. The van der Waals surface area contributed by atoms with Crippen LogP contribution in [0.2, 0.25) is 0 Å². The number of nitrogens with two attached hydrogens (primary N) is 2. The molecule has 0 spiro atoms. The minimum absolute atomic E-state index is 0.103. The number of hydrogen-bond donors (Lipinski definition) is 3. The monoisotopic (exact) mass is 254 g/mol. The molecule has 1 rings (SSSR count). The average Bonchev–Trinajstić information content (AvgIpc) is 2.27. The van der Waals surface area contributed by atoms with Gasteiger partial charge in [0.2, 0.25) is 0 Å². The lowest BCUT2D eigenvalue weighted by Gasteiger charge is -2.00. The van der Waals surface area contributed by atoms with E-state index in [9.17, 15) is 0 Å². The highest BCUT2D eigenvalue weighted by atomic mass is 16.9. The first kappa shape index (κ1) is 15.7. The van der Waals surface area contributed by atoms with Gasteiger partial charge in [-0.1, -0.05) is 25.5 Å². The van der Waals surface area contributed by atoms with E-state index < -0.39 is 5.09 Å². The molecular weight excluding hydrogens is 236 g/mol. The van der Waals surface area contributed by atoms with Gasteiger partial charge in [-0.3, -0.25) is 0 Å². The normalized spacial score (nSPS) is 8.94. The van der Waals surface area contributed by atoms with Gasteiger partial charge >= 0.3 is 0 Å². The maximum Gasteiger partial charge on any atom is 0.291 e. The molecule has 7 nitrogen and oxygen atoms in total. The molecule has 0 aromatic heterocycles. The zero-order valence-electron chi connectivity index (χ0n) is 10.2. The Bertz CT molecular complexity index is 382. The summed E-state index contributed by atoms with van der Waals surface area (Å²) < 4.78 is 0. The van der Waals surface area contributed by atoms with E-state index in [2.05, 4.69) is 24.0 Å². The summed E-state index contributed by atoms with van der Waals surface area (Å²) in [6, 6.07) is 8.00. The molecule has 7 heteroatoms. The summed E-state index contributed by atoms with van der Waals surface area (Å²) in [5.41, 5.74) is 12.7. The first-order valence-corrected chi connectivity index (χ1v) is 5.47. The van der Waals surface area contributed by atoms with Crippen molar-refractivity contribution in [2.75, 3.05) is 0 Å². The maximum absolute atomic E-state index is 8.36. The summed E-state index contributed by atoms with van der Waals surface area (Å²) in [4.78, 5) is 12.3. The Hall–Kier alpha value is -2.31. The minimum atomic E-state index is -1.50. The van der Waals surface area contributed by atoms with Crippen LogP contribution in [0.25, 0.3) is 0 Å². The van der Waals surface area contributed by atoms with Crippen LogP contribution in [0.4, 0.5) is 5.69 Å². The fourth-order valence-electron chi connectivity index (χ4n) is 1.27. The number of hydrogen-bond acceptors (Lipinski definition) is 3. The van der Waals surface area contributed by atoms with Gasteiger partial charge in [0.1, 0.15) is 0 Å². The van der Waals surface area contributed by atoms with Gasteiger partial charge in [-0.25, -0.2) is 4.99 Å². The van der Waals surface area contributed by atoms with Crippen LogP contribution in [0.1, 0.15) is 25.3 Å². The van der Waals surface area contributed by atoms with Crippen molar-refractivity contribution < 1.29 is 10.3 Å². The SMILES string of the molecule is CCCCc1ccc(N=C(N)N)cc1.O=[N+]([O-])O. The molecule has 0 fully saturated rings. The van der Waals surface area contributed by atoms with E-state index in [1.807, 2.05) is 12.1 Å². The van der Waals surface area contributed by atoms with Gasteiger partial charge in [-0.2, -0.15) is 0 Å². The van der Waals surface area contributed by atoms with Crippen molar-refractivity contribution in [3.63, 3.8) is 0 Å². The molecular formula is C11H18N4O3. The summed E-state index contributed by atoms with van der Waals surface area (Å²) in [7, 11) is 0. The third-order valence-corrected chi connectivity index (χ3v) is 2.01. The van der Waals surface area contributed by atoms with Crippen LogP contribution in [0.5, 0.6) is 0 Å². The van der Waals surface area contributed by atoms with Crippen molar-refractivity contribution >= 4 is 11.6 Å². The molecule has 1 aromatic carbocycles. The number of aryl methyl sites for hydroxylation is 1. The molecule has 0 bridgehead atoms. The summed E-state index contributed by atoms with van der Waals surface area (Å²) in [6.45, 7) is 2.19. The highest BCUT2D eigenvalue weighted by Gasteiger charge is 1.93. The van der Waals surface area contributed by atoms with Crippen LogP contribution in [-0.2, 0) is 6.42 Å². The van der Waals surface area contributed by atoms with Crippen LogP contribution in [0.15, 0.2) is 29.3 Å². The second kappa shape index (κ2) is 8.80. The molecule has 5 N–H and O–H groups in total. The van der Waals surface area contributed by atoms with E-state index in [0.29, 0.717) is 0 Å². The lowest BCUT2D eigenvalue weighted by Crippen LogP contribution is -2.21. The standard InChI is InChI=1S/C11H17N3.HNO3/c1-2-3-4-9-5-7-10(8-6-9)14-11(12)13;2-1(3)4/h5-8H,2-4H2,1H3,(H4,12,13,14);(H,2,3,4). The summed E-state index contributed by atoms with van der Waals surface area (Å²) >= 11 is 0. The lowest BCUT2D eigenvalue weighted by molar-refractivity contribution is -0.742. The van der Waals surface area contributed by atoms with E-state index in [1.165, 1.54) is 18.4 Å². The molecule has 0 saturated heterocycles. The second-order valence-electron chi connectivity index (χ2n) is 3.54. The van der Waals surface area contributed by atoms with Gasteiger partial charge in [0, 0.05) is 0 Å². The Labute approximate surface area is 105 Å². The summed E-state index contributed by atoms with van der Waals surface area (Å²) in [5, 5.41) is 13.6. The van der Waals surface area contributed by atoms with Crippen LogP contribution < -0.4 is 11.5 Å². The number of guanidine groups is 1. The molecule has 0 saturated carbocycles. The van der Waals surface area contributed by atoms with Crippen LogP contribution >= 0.6 is 0 Å². The molecule has 0 aliphatic carbocycles. The molecule has 100 valence electrons. The fourth-order valence-corrected chi connectivity index (χ4v) is 1.27. The number of unbranched alkanes of at least 4 members (excludes halogenated alkanes) is 1. The highest BCUT2D eigenvalue weighted by molar-refractivity contribution is 5.78. The number of aliphatic imine (C=N–C) groups is 1. The lowest BCUT2D eigenvalue weighted by atomic mass is 10.1. The molecule has 0 heterocycles. The first-order valence-electron chi connectivity index (χ1n) is 5.47. The Kier molecular flexibility index (Phi) is 7.67. The van der Waals surface area contributed by atoms with E-state index >= 15 is 0 Å². The Morgan fingerprint density at radius 1 is 1.39 bits per heavy atom. The predicted molar refractivity (Wildman–Crippen MR) is 69.3 cm³/mol. The molecule has 18 heavy (non-hydrogen) atoms. The van der Waals surface area contributed by atoms with Crippen LogP contribution in [0.3, 0.4) is 0 Å². The molecule has 0 aliphatic heterocycles. The minimum Gasteiger partial charge on any atom is -0.370 e. The number of nitrogens with zero attached hydrogens (tertiary/aromatic N) is 2. The number of benzene rings is 1. The van der Waals surface area contributed by atoms with Crippen LogP contribution in [0, 0.1) is 10.1 Å². The highest BCUT2D eigenvalue weighted by Crippen LogP contribution is 2.13. The van der Waals surface area contributed by atoms with Gasteiger partial charge in [0.25, 0.3) is 5.09 Å². The van der Waals surface area contributed by atoms with Gasteiger partial charge in [0.15, 0.2) is 5.96 Å². The maximum atomic E-state index is 8.36. The zero-order chi connectivity index (χ0) is 14.0. The molecule has 0 radical (unpaired) electrons. The predicted octanol–water partition coefficient (Wildman–Crippen LogP) is 1.59. The van der Waals surface area contributed by atoms with Gasteiger partial charge < -0.3 is 16.7 Å². The van der Waals surface area contributed by atoms with Crippen molar-refractivity contribution in [3.05, 3.63) is 39.9 Å². The molecule has 0 amide bonds. The largest absolute Gasteiger partial charge is 0.370 e. The molecule has 0 unspecified atom stereocenters. The average molecular weight is 254 g/mol. The zero-order valence-corrected chi connectivity index (χ0v) is 10.2. The third-order valence-electron chi connectivity index (χ3n) is 2.01. The second-order valence-corrected chi connectivity index (χ2v) is 3.54. The van der Waals surface area contributed by atoms with Gasteiger partial charge in [-0.05, 0) is 30.5 Å². The van der Waals surface area contributed by atoms with E-state index in [4.69, 9.17) is 26.8 Å². The van der Waals surface area contributed by atoms with E-state index in [0.717, 1.165) is 12.1 Å². The quantitative estimate of drug-likeness (QED) is 0.325. The van der Waals surface area contributed by atoms with Crippen LogP contribution in [-0.4, -0.2) is 16.3 Å². The van der Waals surface area contributed by atoms with Gasteiger partial charge in [0.05, 0.1) is 5.69 Å². The van der Waals surface area contributed by atoms with E-state index in [1.54, 1.807) is 0 Å². The Morgan fingerprint density at radius 2 is 1.89 bits per heavy atom. The summed E-state index contributed by atoms with van der Waals surface area (Å²) in [5.74, 6) is 0.103. The summed E-state index contributed by atoms with van der Waals surface area (Å²) in [6.07, 6.45) is 3.57. The van der Waals surface area contributed by atoms with E-state index in [-0.39, 0.29) is 5.96 Å². The fraction of sp³-hybridized carbons (Fsp3) is 0.364. The number of rotatable bonds is 4. The molecule has 0 atom stereocenters. The van der Waals surface area contributed by atoms with Crippen molar-refractivity contribution in [3.8, 4) is 0 Å². The first-order chi connectivity index (χ1) is 8.45.